The number of hydrogen-bond acceptors (Lipinski definition) is 4. The summed E-state index contributed by atoms with van der Waals surface area (Å²) in [5.41, 5.74) is 2.75. The highest BCUT2D eigenvalue weighted by molar-refractivity contribution is 5.95. The van der Waals surface area contributed by atoms with Crippen molar-refractivity contribution in [1.82, 2.24) is 9.97 Å². The maximum absolute atomic E-state index is 11.8. The molecule has 2 heterocycles. The summed E-state index contributed by atoms with van der Waals surface area (Å²) < 4.78 is 0. The summed E-state index contributed by atoms with van der Waals surface area (Å²) >= 11 is 0. The van der Waals surface area contributed by atoms with E-state index in [-0.39, 0.29) is 5.91 Å². The van der Waals surface area contributed by atoms with Gasteiger partial charge in [-0.05, 0) is 36.8 Å². The molecule has 23 heavy (non-hydrogen) atoms. The Balaban J connectivity index is 1.54. The Kier molecular flexibility index (Phi) is 3.38. The first-order valence-electron chi connectivity index (χ1n) is 7.69. The summed E-state index contributed by atoms with van der Waals surface area (Å²) in [7, 11) is 0. The van der Waals surface area contributed by atoms with Gasteiger partial charge in [0.05, 0.1) is 5.52 Å². The van der Waals surface area contributed by atoms with Gasteiger partial charge in [-0.2, -0.15) is 0 Å². The largest absolute Gasteiger partial charge is 0.324 e. The molecule has 2 aromatic carbocycles. The highest BCUT2D eigenvalue weighted by Crippen LogP contribution is 2.24. The number of para-hydroxylation sites is 1. The number of carbonyl (C=O) groups is 1. The number of rotatable bonds is 3. The maximum Gasteiger partial charge on any atom is 0.227 e. The lowest BCUT2D eigenvalue weighted by Gasteiger charge is -2.16. The lowest BCUT2D eigenvalue weighted by molar-refractivity contribution is -0.117. The minimum atomic E-state index is 0.198. The minimum Gasteiger partial charge on any atom is -0.324 e. The van der Waals surface area contributed by atoms with E-state index in [4.69, 9.17) is 0 Å². The van der Waals surface area contributed by atoms with Crippen molar-refractivity contribution in [3.05, 3.63) is 54.7 Å². The van der Waals surface area contributed by atoms with E-state index >= 15 is 0 Å². The summed E-state index contributed by atoms with van der Waals surface area (Å²) in [6.07, 6.45) is 3.39. The van der Waals surface area contributed by atoms with Crippen molar-refractivity contribution >= 4 is 34.1 Å². The zero-order chi connectivity index (χ0) is 15.6. The molecule has 0 radical (unpaired) electrons. The number of amides is 1. The van der Waals surface area contributed by atoms with Gasteiger partial charge in [0, 0.05) is 35.9 Å². The van der Waals surface area contributed by atoms with Crippen molar-refractivity contribution in [1.29, 1.82) is 0 Å². The first-order chi connectivity index (χ1) is 11.3. The molecule has 5 nitrogen and oxygen atoms in total. The number of carbonyl (C=O) groups excluding carboxylic acids is 1. The Bertz CT molecular complexity index is 860. The summed E-state index contributed by atoms with van der Waals surface area (Å²) in [4.78, 5) is 22.4. The molecule has 1 amide bonds. The summed E-state index contributed by atoms with van der Waals surface area (Å²) in [5, 5.41) is 4.21. The molecule has 1 aliphatic heterocycles. The fourth-order valence-electron chi connectivity index (χ4n) is 2.81. The highest BCUT2D eigenvalue weighted by atomic mass is 16.2. The van der Waals surface area contributed by atoms with Crippen LogP contribution in [0.1, 0.15) is 12.8 Å². The van der Waals surface area contributed by atoms with Crippen molar-refractivity contribution < 1.29 is 4.79 Å². The zero-order valence-corrected chi connectivity index (χ0v) is 12.6. The van der Waals surface area contributed by atoms with Crippen molar-refractivity contribution in [3.63, 3.8) is 0 Å². The number of hydrogen-bond donors (Lipinski definition) is 1. The summed E-state index contributed by atoms with van der Waals surface area (Å²) in [6.45, 7) is 0.805. The van der Waals surface area contributed by atoms with Crippen LogP contribution in [-0.4, -0.2) is 22.4 Å². The van der Waals surface area contributed by atoms with Gasteiger partial charge in [-0.1, -0.05) is 18.2 Å². The van der Waals surface area contributed by atoms with Crippen molar-refractivity contribution in [3.8, 4) is 0 Å². The molecule has 1 saturated heterocycles. The lowest BCUT2D eigenvalue weighted by Crippen LogP contribution is -2.23. The van der Waals surface area contributed by atoms with Gasteiger partial charge in [0.25, 0.3) is 0 Å². The van der Waals surface area contributed by atoms with Crippen LogP contribution in [0.2, 0.25) is 0 Å². The van der Waals surface area contributed by atoms with Gasteiger partial charge in [-0.3, -0.25) is 4.79 Å². The van der Waals surface area contributed by atoms with Crippen LogP contribution in [-0.2, 0) is 4.79 Å². The number of nitrogens with zero attached hydrogens (tertiary/aromatic N) is 3. The molecule has 1 N–H and O–H groups in total. The molecule has 4 rings (SSSR count). The van der Waals surface area contributed by atoms with E-state index in [9.17, 15) is 4.79 Å². The second kappa shape index (κ2) is 5.68. The number of nitrogens with one attached hydrogen (secondary N) is 1. The topological polar surface area (TPSA) is 58.1 Å². The second-order valence-corrected chi connectivity index (χ2v) is 5.57. The fraction of sp³-hybridized carbons (Fsp3) is 0.167. The Hall–Kier alpha value is -2.95. The van der Waals surface area contributed by atoms with Crippen LogP contribution >= 0.6 is 0 Å². The van der Waals surface area contributed by atoms with E-state index in [0.717, 1.165) is 35.2 Å². The van der Waals surface area contributed by atoms with Gasteiger partial charge >= 0.3 is 0 Å². The molecule has 5 heteroatoms. The Morgan fingerprint density at radius 2 is 1.87 bits per heavy atom. The Labute approximate surface area is 134 Å². The maximum atomic E-state index is 11.8. The standard InChI is InChI=1S/C18H16N4O/c23-17-6-3-11-22(17)15-9-7-14(8-10-15)20-18-19-12-13-4-1-2-5-16(13)21-18/h1-2,4-5,7-10,12H,3,6,11H2,(H,19,20,21). The fourth-order valence-corrected chi connectivity index (χ4v) is 2.81. The average molecular weight is 304 g/mol. The van der Waals surface area contributed by atoms with E-state index in [2.05, 4.69) is 15.3 Å². The number of fused-ring (bicyclic) bond motifs is 1. The van der Waals surface area contributed by atoms with E-state index in [0.29, 0.717) is 12.4 Å². The molecule has 0 atom stereocenters. The van der Waals surface area contributed by atoms with Gasteiger partial charge in [0.15, 0.2) is 0 Å². The third-order valence-electron chi connectivity index (χ3n) is 4.00. The first-order valence-corrected chi connectivity index (χ1v) is 7.69. The van der Waals surface area contributed by atoms with Crippen LogP contribution in [0.5, 0.6) is 0 Å². The molecule has 0 spiro atoms. The van der Waals surface area contributed by atoms with Crippen LogP contribution in [0.4, 0.5) is 17.3 Å². The SMILES string of the molecule is O=C1CCCN1c1ccc(Nc2ncc3ccccc3n2)cc1. The first kappa shape index (κ1) is 13.7. The summed E-state index contributed by atoms with van der Waals surface area (Å²) in [5.74, 6) is 0.761. The zero-order valence-electron chi connectivity index (χ0n) is 12.6. The Morgan fingerprint density at radius 3 is 2.65 bits per heavy atom. The molecule has 0 saturated carbocycles. The normalized spacial score (nSPS) is 14.4. The summed E-state index contributed by atoms with van der Waals surface area (Å²) in [6, 6.07) is 15.7. The van der Waals surface area contributed by atoms with Crippen LogP contribution in [0.25, 0.3) is 10.9 Å². The molecule has 3 aromatic rings. The molecule has 0 aliphatic carbocycles. The number of aromatic nitrogens is 2. The number of anilines is 3. The predicted molar refractivity (Wildman–Crippen MR) is 90.8 cm³/mol. The van der Waals surface area contributed by atoms with Crippen LogP contribution in [0.15, 0.2) is 54.7 Å². The molecule has 1 aliphatic rings. The molecule has 1 fully saturated rings. The van der Waals surface area contributed by atoms with Crippen molar-refractivity contribution in [2.75, 3.05) is 16.8 Å². The smallest absolute Gasteiger partial charge is 0.227 e. The monoisotopic (exact) mass is 304 g/mol. The molecule has 0 bridgehead atoms. The van der Waals surface area contributed by atoms with Crippen LogP contribution < -0.4 is 10.2 Å². The average Bonchev–Trinajstić information content (AvgIpc) is 3.02. The lowest BCUT2D eigenvalue weighted by atomic mass is 10.2. The highest BCUT2D eigenvalue weighted by Gasteiger charge is 2.21. The molecule has 0 unspecified atom stereocenters. The van der Waals surface area contributed by atoms with Gasteiger partial charge in [0.2, 0.25) is 11.9 Å². The van der Waals surface area contributed by atoms with Crippen LogP contribution in [0, 0.1) is 0 Å². The third-order valence-corrected chi connectivity index (χ3v) is 4.00. The van der Waals surface area contributed by atoms with Gasteiger partial charge in [-0.25, -0.2) is 9.97 Å². The predicted octanol–water partition coefficient (Wildman–Crippen LogP) is 3.50. The minimum absolute atomic E-state index is 0.198. The van der Waals surface area contributed by atoms with Gasteiger partial charge < -0.3 is 10.2 Å². The van der Waals surface area contributed by atoms with Gasteiger partial charge in [-0.15, -0.1) is 0 Å². The van der Waals surface area contributed by atoms with Crippen molar-refractivity contribution in [2.45, 2.75) is 12.8 Å². The van der Waals surface area contributed by atoms with Gasteiger partial charge in [0.1, 0.15) is 0 Å². The quantitative estimate of drug-likeness (QED) is 0.804. The van der Waals surface area contributed by atoms with E-state index in [1.807, 2.05) is 59.6 Å². The number of benzene rings is 2. The van der Waals surface area contributed by atoms with Crippen molar-refractivity contribution in [2.24, 2.45) is 0 Å². The van der Waals surface area contributed by atoms with E-state index in [1.165, 1.54) is 0 Å². The Morgan fingerprint density at radius 1 is 1.04 bits per heavy atom. The molecule has 1 aromatic heterocycles. The third kappa shape index (κ3) is 2.73. The van der Waals surface area contributed by atoms with Crippen LogP contribution in [0.3, 0.4) is 0 Å². The second-order valence-electron chi connectivity index (χ2n) is 5.57. The molecule has 114 valence electrons. The van der Waals surface area contributed by atoms with E-state index in [1.54, 1.807) is 0 Å². The molecular weight excluding hydrogens is 288 g/mol. The van der Waals surface area contributed by atoms with E-state index < -0.39 is 0 Å². The molecular formula is C18H16N4O.